The first-order valence-electron chi connectivity index (χ1n) is 9.85. The monoisotopic (exact) mass is 495 g/mol. The Kier molecular flexibility index (Phi) is 7.21. The molecule has 0 spiro atoms. The van der Waals surface area contributed by atoms with Gasteiger partial charge >= 0.3 is 6.09 Å². The average Bonchev–Trinajstić information content (AvgIpc) is 2.71. The zero-order valence-corrected chi connectivity index (χ0v) is 19.5. The summed E-state index contributed by atoms with van der Waals surface area (Å²) < 4.78 is 34.4. The van der Waals surface area contributed by atoms with E-state index in [0.717, 1.165) is 21.9 Å². The fraction of sp³-hybridized carbons (Fsp3) is 0.409. The van der Waals surface area contributed by atoms with Crippen molar-refractivity contribution in [3.8, 4) is 0 Å². The molecule has 1 unspecified atom stereocenters. The summed E-state index contributed by atoms with van der Waals surface area (Å²) in [5, 5.41) is 0. The minimum atomic E-state index is -3.50. The molecule has 1 amide bonds. The Hall–Kier alpha value is -1.90. The summed E-state index contributed by atoms with van der Waals surface area (Å²) >= 11 is 3.43. The first-order valence-corrected chi connectivity index (χ1v) is 12.5. The number of amides is 1. The molecule has 30 heavy (non-hydrogen) atoms. The van der Waals surface area contributed by atoms with Crippen molar-refractivity contribution in [1.29, 1.82) is 0 Å². The van der Waals surface area contributed by atoms with E-state index in [-0.39, 0.29) is 18.7 Å². The summed E-state index contributed by atoms with van der Waals surface area (Å²) in [5.41, 5.74) is 1.15. The van der Waals surface area contributed by atoms with E-state index in [1.54, 1.807) is 4.90 Å². The Morgan fingerprint density at radius 3 is 2.43 bits per heavy atom. The molecule has 1 fully saturated rings. The molecule has 2 atom stereocenters. The summed E-state index contributed by atoms with van der Waals surface area (Å²) in [6, 6.07) is 17.4. The number of rotatable bonds is 8. The number of benzene rings is 2. The van der Waals surface area contributed by atoms with E-state index in [9.17, 15) is 13.2 Å². The second-order valence-electron chi connectivity index (χ2n) is 7.53. The lowest BCUT2D eigenvalue weighted by molar-refractivity contribution is -0.0676. The van der Waals surface area contributed by atoms with Gasteiger partial charge in [0.05, 0.1) is 18.9 Å². The van der Waals surface area contributed by atoms with E-state index < -0.39 is 15.7 Å². The molecule has 0 aromatic heterocycles. The molecule has 1 heterocycles. The van der Waals surface area contributed by atoms with Crippen molar-refractivity contribution in [2.24, 2.45) is 0 Å². The molecule has 2 aromatic rings. The van der Waals surface area contributed by atoms with Crippen molar-refractivity contribution < 1.29 is 22.1 Å². The molecular formula is C22H26BrNO5S. The minimum absolute atomic E-state index is 0.0595. The van der Waals surface area contributed by atoms with Gasteiger partial charge in [0.2, 0.25) is 0 Å². The van der Waals surface area contributed by atoms with Gasteiger partial charge in [0, 0.05) is 17.4 Å². The van der Waals surface area contributed by atoms with Crippen molar-refractivity contribution in [3.63, 3.8) is 0 Å². The molecule has 0 aliphatic carbocycles. The van der Waals surface area contributed by atoms with Crippen LogP contribution in [0, 0.1) is 0 Å². The topological polar surface area (TPSA) is 72.9 Å². The van der Waals surface area contributed by atoms with Crippen LogP contribution in [0.1, 0.15) is 43.4 Å². The number of carbonyl (C=O) groups is 1. The third-order valence-corrected chi connectivity index (χ3v) is 6.54. The van der Waals surface area contributed by atoms with Crippen molar-refractivity contribution in [2.45, 2.75) is 37.8 Å². The van der Waals surface area contributed by atoms with E-state index >= 15 is 0 Å². The number of halogens is 1. The van der Waals surface area contributed by atoms with Gasteiger partial charge in [0.25, 0.3) is 10.1 Å². The molecule has 0 saturated carbocycles. The number of cyclic esters (lactones) is 1. The molecule has 6 nitrogen and oxygen atoms in total. The quantitative estimate of drug-likeness (QED) is 0.380. The van der Waals surface area contributed by atoms with Gasteiger partial charge in [0.1, 0.15) is 5.60 Å². The SMILES string of the molecule is C[C@@H](c1ccc(Br)cc1)N1CCC(CCCOS(C)(=O)=O)(c2ccccc2)OC1=O. The molecule has 1 aliphatic rings. The van der Waals surface area contributed by atoms with E-state index in [0.29, 0.717) is 25.8 Å². The smallest absolute Gasteiger partial charge is 0.411 e. The lowest BCUT2D eigenvalue weighted by Crippen LogP contribution is -2.48. The first kappa shape index (κ1) is 22.8. The fourth-order valence-corrected chi connectivity index (χ4v) is 4.46. The van der Waals surface area contributed by atoms with Gasteiger partial charge in [-0.15, -0.1) is 0 Å². The molecule has 3 rings (SSSR count). The molecular weight excluding hydrogens is 470 g/mol. The van der Waals surface area contributed by atoms with Gasteiger partial charge in [-0.2, -0.15) is 8.42 Å². The predicted molar refractivity (Wildman–Crippen MR) is 119 cm³/mol. The largest absolute Gasteiger partial charge is 0.438 e. The van der Waals surface area contributed by atoms with Crippen LogP contribution >= 0.6 is 15.9 Å². The van der Waals surface area contributed by atoms with Crippen LogP contribution in [-0.4, -0.2) is 38.8 Å². The number of hydrogen-bond acceptors (Lipinski definition) is 5. The van der Waals surface area contributed by atoms with E-state index in [1.165, 1.54) is 0 Å². The standard InChI is InChI=1S/C22H26BrNO5S/c1-17(18-9-11-20(23)12-10-18)24-15-14-22(29-21(24)25,19-7-4-3-5-8-19)13-6-16-28-30(2,26)27/h3-5,7-12,17H,6,13-16H2,1-2H3/t17-,22?/m0/s1. The Morgan fingerprint density at radius 2 is 1.83 bits per heavy atom. The Labute approximate surface area is 186 Å². The lowest BCUT2D eigenvalue weighted by Gasteiger charge is -2.43. The summed E-state index contributed by atoms with van der Waals surface area (Å²) in [4.78, 5) is 14.8. The van der Waals surface area contributed by atoms with Gasteiger partial charge in [-0.1, -0.05) is 58.4 Å². The van der Waals surface area contributed by atoms with Crippen molar-refractivity contribution >= 4 is 32.1 Å². The normalized spacial score (nSPS) is 20.6. The molecule has 0 bridgehead atoms. The van der Waals surface area contributed by atoms with E-state index in [2.05, 4.69) is 15.9 Å². The molecule has 0 N–H and O–H groups in total. The van der Waals surface area contributed by atoms with Gasteiger partial charge in [-0.3, -0.25) is 4.18 Å². The predicted octanol–water partition coefficient (Wildman–Crippen LogP) is 5.00. The second kappa shape index (κ2) is 9.49. The summed E-state index contributed by atoms with van der Waals surface area (Å²) in [7, 11) is -3.50. The molecule has 2 aromatic carbocycles. The van der Waals surface area contributed by atoms with Crippen LogP contribution in [0.4, 0.5) is 4.79 Å². The van der Waals surface area contributed by atoms with Crippen molar-refractivity contribution in [3.05, 3.63) is 70.2 Å². The molecule has 162 valence electrons. The van der Waals surface area contributed by atoms with Crippen molar-refractivity contribution in [2.75, 3.05) is 19.4 Å². The van der Waals surface area contributed by atoms with Crippen LogP contribution in [0.3, 0.4) is 0 Å². The highest BCUT2D eigenvalue weighted by atomic mass is 79.9. The zero-order valence-electron chi connectivity index (χ0n) is 17.1. The zero-order chi connectivity index (χ0) is 21.8. The Bertz CT molecular complexity index is 965. The maximum absolute atomic E-state index is 13.0. The highest BCUT2D eigenvalue weighted by molar-refractivity contribution is 9.10. The van der Waals surface area contributed by atoms with Gasteiger partial charge < -0.3 is 9.64 Å². The highest BCUT2D eigenvalue weighted by Gasteiger charge is 2.43. The van der Waals surface area contributed by atoms with E-state index in [1.807, 2.05) is 61.5 Å². The van der Waals surface area contributed by atoms with Crippen LogP contribution < -0.4 is 0 Å². The van der Waals surface area contributed by atoms with Crippen molar-refractivity contribution in [1.82, 2.24) is 4.90 Å². The number of carbonyl (C=O) groups excluding carboxylic acids is 1. The van der Waals surface area contributed by atoms with Crippen LogP contribution in [0.5, 0.6) is 0 Å². The molecule has 1 aliphatic heterocycles. The van der Waals surface area contributed by atoms with Crippen LogP contribution in [0.25, 0.3) is 0 Å². The first-order chi connectivity index (χ1) is 14.2. The number of ether oxygens (including phenoxy) is 1. The second-order valence-corrected chi connectivity index (χ2v) is 10.1. The van der Waals surface area contributed by atoms with Crippen LogP contribution in [-0.2, 0) is 24.6 Å². The van der Waals surface area contributed by atoms with Crippen LogP contribution in [0.15, 0.2) is 59.1 Å². The summed E-state index contributed by atoms with van der Waals surface area (Å²) in [6.45, 7) is 2.59. The Balaban J connectivity index is 1.75. The molecule has 0 radical (unpaired) electrons. The van der Waals surface area contributed by atoms with Gasteiger partial charge in [-0.05, 0) is 43.0 Å². The maximum Gasteiger partial charge on any atom is 0.411 e. The maximum atomic E-state index is 13.0. The Morgan fingerprint density at radius 1 is 1.17 bits per heavy atom. The minimum Gasteiger partial charge on any atom is -0.438 e. The summed E-state index contributed by atoms with van der Waals surface area (Å²) in [6.07, 6.45) is 2.21. The number of hydrogen-bond donors (Lipinski definition) is 0. The third kappa shape index (κ3) is 5.62. The van der Waals surface area contributed by atoms with Gasteiger partial charge in [-0.25, -0.2) is 4.79 Å². The number of nitrogens with zero attached hydrogens (tertiary/aromatic N) is 1. The highest BCUT2D eigenvalue weighted by Crippen LogP contribution is 2.40. The lowest BCUT2D eigenvalue weighted by atomic mass is 9.84. The summed E-state index contributed by atoms with van der Waals surface area (Å²) in [5.74, 6) is 0. The third-order valence-electron chi connectivity index (χ3n) is 5.42. The average molecular weight is 496 g/mol. The van der Waals surface area contributed by atoms with Gasteiger partial charge in [0.15, 0.2) is 0 Å². The van der Waals surface area contributed by atoms with E-state index in [4.69, 9.17) is 8.92 Å². The van der Waals surface area contributed by atoms with Crippen LogP contribution in [0.2, 0.25) is 0 Å². The molecule has 8 heteroatoms. The molecule has 1 saturated heterocycles. The fourth-order valence-electron chi connectivity index (χ4n) is 3.78.